The van der Waals surface area contributed by atoms with E-state index in [-0.39, 0.29) is 18.0 Å². The van der Waals surface area contributed by atoms with Crippen LogP contribution < -0.4 is 10.9 Å². The summed E-state index contributed by atoms with van der Waals surface area (Å²) in [5, 5.41) is 16.3. The number of benzene rings is 2. The molecule has 1 aliphatic rings. The first-order valence-corrected chi connectivity index (χ1v) is 9.64. The van der Waals surface area contributed by atoms with E-state index in [1.807, 2.05) is 36.4 Å². The van der Waals surface area contributed by atoms with Crippen molar-refractivity contribution in [2.24, 2.45) is 0 Å². The van der Waals surface area contributed by atoms with Crippen molar-refractivity contribution in [3.8, 4) is 17.3 Å². The summed E-state index contributed by atoms with van der Waals surface area (Å²) < 4.78 is 1.26. The topological polar surface area (TPSA) is 87.8 Å². The number of amides is 1. The minimum Gasteiger partial charge on any atom is -0.324 e. The van der Waals surface area contributed by atoms with E-state index < -0.39 is 0 Å². The fraction of sp³-hybridized carbons (Fsp3) is 0.217. The molecule has 6 nitrogen and oxygen atoms in total. The average Bonchev–Trinajstić information content (AvgIpc) is 2.76. The van der Waals surface area contributed by atoms with E-state index in [9.17, 15) is 9.59 Å². The summed E-state index contributed by atoms with van der Waals surface area (Å²) in [6.07, 6.45) is 3.54. The molecule has 144 valence electrons. The molecule has 1 N–H and O–H groups in total. The van der Waals surface area contributed by atoms with E-state index >= 15 is 0 Å². The number of rotatable bonds is 4. The third kappa shape index (κ3) is 3.94. The summed E-state index contributed by atoms with van der Waals surface area (Å²) in [6, 6.07) is 18.5. The summed E-state index contributed by atoms with van der Waals surface area (Å²) in [7, 11) is 0. The van der Waals surface area contributed by atoms with Crippen LogP contribution in [0, 0.1) is 11.3 Å². The Morgan fingerprint density at radius 2 is 1.83 bits per heavy atom. The molecule has 1 aromatic heterocycles. The number of anilines is 1. The second kappa shape index (κ2) is 8.11. The van der Waals surface area contributed by atoms with Crippen molar-refractivity contribution < 1.29 is 4.79 Å². The number of nitrogens with zero attached hydrogens (tertiary/aromatic N) is 3. The van der Waals surface area contributed by atoms with E-state index in [2.05, 4.69) is 10.4 Å². The predicted molar refractivity (Wildman–Crippen MR) is 110 cm³/mol. The lowest BCUT2D eigenvalue weighted by Crippen LogP contribution is -2.34. The van der Waals surface area contributed by atoms with E-state index in [1.165, 1.54) is 4.68 Å². The molecule has 6 heteroatoms. The Labute approximate surface area is 168 Å². The Bertz CT molecular complexity index is 1160. The molecule has 0 fully saturated rings. The molecule has 0 unspecified atom stereocenters. The monoisotopic (exact) mass is 384 g/mol. The fourth-order valence-electron chi connectivity index (χ4n) is 3.72. The highest BCUT2D eigenvalue weighted by atomic mass is 16.2. The minimum absolute atomic E-state index is 0.178. The van der Waals surface area contributed by atoms with Crippen molar-refractivity contribution in [2.75, 3.05) is 5.32 Å². The zero-order valence-electron chi connectivity index (χ0n) is 15.9. The van der Waals surface area contributed by atoms with Crippen molar-refractivity contribution in [3.63, 3.8) is 0 Å². The Morgan fingerprint density at radius 3 is 2.59 bits per heavy atom. The number of carbonyl (C=O) groups excluding carboxylic acids is 1. The summed E-state index contributed by atoms with van der Waals surface area (Å²) in [5.41, 5.74) is 4.28. The zero-order valence-corrected chi connectivity index (χ0v) is 15.9. The van der Waals surface area contributed by atoms with Gasteiger partial charge in [0.1, 0.15) is 6.54 Å². The Balaban J connectivity index is 1.67. The van der Waals surface area contributed by atoms with Gasteiger partial charge in [0.15, 0.2) is 0 Å². The van der Waals surface area contributed by atoms with Crippen LogP contribution >= 0.6 is 0 Å². The molecule has 0 spiro atoms. The first-order chi connectivity index (χ1) is 14.2. The number of aromatic nitrogens is 2. The Hall–Kier alpha value is -3.72. The van der Waals surface area contributed by atoms with Gasteiger partial charge in [-0.2, -0.15) is 10.4 Å². The number of nitrogens with one attached hydrogen (secondary N) is 1. The van der Waals surface area contributed by atoms with E-state index in [1.54, 1.807) is 24.3 Å². The quantitative estimate of drug-likeness (QED) is 0.748. The molecular formula is C23H20N4O2. The summed E-state index contributed by atoms with van der Waals surface area (Å²) in [4.78, 5) is 25.5. The van der Waals surface area contributed by atoms with Gasteiger partial charge in [0.2, 0.25) is 5.91 Å². The van der Waals surface area contributed by atoms with Crippen LogP contribution in [0.5, 0.6) is 0 Å². The molecule has 1 heterocycles. The third-order valence-corrected chi connectivity index (χ3v) is 5.08. The van der Waals surface area contributed by atoms with Gasteiger partial charge >= 0.3 is 0 Å². The molecule has 0 saturated heterocycles. The lowest BCUT2D eigenvalue weighted by Gasteiger charge is -2.20. The molecule has 1 amide bonds. The van der Waals surface area contributed by atoms with Gasteiger partial charge in [-0.05, 0) is 49.4 Å². The normalized spacial score (nSPS) is 12.7. The van der Waals surface area contributed by atoms with Crippen LogP contribution in [0.3, 0.4) is 0 Å². The van der Waals surface area contributed by atoms with Crippen LogP contribution in [0.15, 0.2) is 59.4 Å². The maximum absolute atomic E-state index is 13.0. The molecule has 1 aliphatic carbocycles. The van der Waals surface area contributed by atoms with Crippen LogP contribution in [0.2, 0.25) is 0 Å². The largest absolute Gasteiger partial charge is 0.324 e. The maximum Gasteiger partial charge on any atom is 0.270 e. The fourth-order valence-corrected chi connectivity index (χ4v) is 3.72. The van der Waals surface area contributed by atoms with Gasteiger partial charge in [-0.3, -0.25) is 9.59 Å². The van der Waals surface area contributed by atoms with Gasteiger partial charge in [0.05, 0.1) is 17.3 Å². The summed E-state index contributed by atoms with van der Waals surface area (Å²) in [5.74, 6) is -0.357. The van der Waals surface area contributed by atoms with Gasteiger partial charge < -0.3 is 5.32 Å². The Kier molecular flexibility index (Phi) is 5.21. The Morgan fingerprint density at radius 1 is 1.07 bits per heavy atom. The molecule has 0 radical (unpaired) electrons. The van der Waals surface area contributed by atoms with Crippen LogP contribution in [0.25, 0.3) is 11.3 Å². The molecule has 0 atom stereocenters. The van der Waals surface area contributed by atoms with Gasteiger partial charge in [0, 0.05) is 16.8 Å². The van der Waals surface area contributed by atoms with Crippen molar-refractivity contribution in [1.29, 1.82) is 5.26 Å². The number of nitriles is 1. The van der Waals surface area contributed by atoms with Crippen molar-refractivity contribution >= 4 is 11.6 Å². The maximum atomic E-state index is 13.0. The van der Waals surface area contributed by atoms with E-state index in [4.69, 9.17) is 5.26 Å². The molecule has 29 heavy (non-hydrogen) atoms. The van der Waals surface area contributed by atoms with Crippen LogP contribution in [0.1, 0.15) is 29.5 Å². The first kappa shape index (κ1) is 18.6. The second-order valence-electron chi connectivity index (χ2n) is 7.08. The molecular weight excluding hydrogens is 364 g/mol. The summed E-state index contributed by atoms with van der Waals surface area (Å²) in [6.45, 7) is -0.178. The lowest BCUT2D eigenvalue weighted by molar-refractivity contribution is -0.117. The number of hydrogen-bond acceptors (Lipinski definition) is 4. The van der Waals surface area contributed by atoms with Gasteiger partial charge in [0.25, 0.3) is 5.56 Å². The van der Waals surface area contributed by atoms with Crippen molar-refractivity contribution in [3.05, 3.63) is 81.6 Å². The highest BCUT2D eigenvalue weighted by Crippen LogP contribution is 2.27. The van der Waals surface area contributed by atoms with Crippen molar-refractivity contribution in [1.82, 2.24) is 9.78 Å². The highest BCUT2D eigenvalue weighted by molar-refractivity contribution is 5.90. The number of fused-ring (bicyclic) bond motifs is 1. The SMILES string of the molecule is N#Cc1cccc(NC(=O)Cn2nc(-c3ccccc3)c3c(c2=O)CCCC3)c1. The van der Waals surface area contributed by atoms with Crippen LogP contribution in [0.4, 0.5) is 5.69 Å². The smallest absolute Gasteiger partial charge is 0.270 e. The molecule has 2 aromatic carbocycles. The third-order valence-electron chi connectivity index (χ3n) is 5.08. The van der Waals surface area contributed by atoms with Crippen LogP contribution in [-0.2, 0) is 24.2 Å². The predicted octanol–water partition coefficient (Wildman–Crippen LogP) is 3.30. The standard InChI is InChI=1S/C23H20N4O2/c24-14-16-7-6-10-18(13-16)25-21(28)15-27-23(29)20-12-5-4-11-19(20)22(26-27)17-8-2-1-3-9-17/h1-3,6-10,13H,4-5,11-12,15H2,(H,25,28). The molecule has 0 bridgehead atoms. The molecule has 3 aromatic rings. The first-order valence-electron chi connectivity index (χ1n) is 9.64. The second-order valence-corrected chi connectivity index (χ2v) is 7.08. The number of hydrogen-bond donors (Lipinski definition) is 1. The van der Waals surface area contributed by atoms with Gasteiger partial charge in [-0.15, -0.1) is 0 Å². The lowest BCUT2D eigenvalue weighted by atomic mass is 9.90. The van der Waals surface area contributed by atoms with E-state index in [0.29, 0.717) is 17.7 Å². The molecule has 0 aliphatic heterocycles. The summed E-state index contributed by atoms with van der Waals surface area (Å²) >= 11 is 0. The number of carbonyl (C=O) groups is 1. The van der Waals surface area contributed by atoms with Gasteiger partial charge in [-0.1, -0.05) is 36.4 Å². The highest BCUT2D eigenvalue weighted by Gasteiger charge is 2.22. The zero-order chi connectivity index (χ0) is 20.2. The van der Waals surface area contributed by atoms with E-state index in [0.717, 1.165) is 41.6 Å². The molecule has 4 rings (SSSR count). The molecule has 0 saturated carbocycles. The van der Waals surface area contributed by atoms with Crippen molar-refractivity contribution in [2.45, 2.75) is 32.2 Å². The van der Waals surface area contributed by atoms with Crippen LogP contribution in [-0.4, -0.2) is 15.7 Å². The minimum atomic E-state index is -0.357. The average molecular weight is 384 g/mol. The van der Waals surface area contributed by atoms with Gasteiger partial charge in [-0.25, -0.2) is 4.68 Å².